The topological polar surface area (TPSA) is 73.1 Å². The fourth-order valence-electron chi connectivity index (χ4n) is 2.55. The molecule has 7 nitrogen and oxygen atoms in total. The second-order valence-electron chi connectivity index (χ2n) is 5.34. The predicted octanol–water partition coefficient (Wildman–Crippen LogP) is 1.44. The van der Waals surface area contributed by atoms with Crippen molar-refractivity contribution < 1.29 is 9.53 Å². The molecule has 0 atom stereocenters. The first-order chi connectivity index (χ1) is 10.8. The summed E-state index contributed by atoms with van der Waals surface area (Å²) < 4.78 is 7.17. The van der Waals surface area contributed by atoms with Gasteiger partial charge in [0.15, 0.2) is 6.61 Å². The highest BCUT2D eigenvalue weighted by Crippen LogP contribution is 2.16. The van der Waals surface area contributed by atoms with E-state index in [0.717, 1.165) is 31.6 Å². The summed E-state index contributed by atoms with van der Waals surface area (Å²) in [7, 11) is 0. The van der Waals surface area contributed by atoms with Crippen LogP contribution in [0.3, 0.4) is 0 Å². The van der Waals surface area contributed by atoms with Crippen LogP contribution < -0.4 is 4.74 Å². The number of ether oxygens (including phenoxy) is 1. The molecule has 7 heteroatoms. The Bertz CT molecular complexity index is 606. The summed E-state index contributed by atoms with van der Waals surface area (Å²) in [6.07, 6.45) is 6.10. The fourth-order valence-corrected chi connectivity index (χ4v) is 2.55. The molecule has 0 aliphatic carbocycles. The number of likely N-dealkylation sites (tertiary alicyclic amines) is 1. The van der Waals surface area contributed by atoms with Gasteiger partial charge in [-0.3, -0.25) is 4.79 Å². The fraction of sp³-hybridized carbons (Fsp3) is 0.467. The molecule has 0 spiro atoms. The van der Waals surface area contributed by atoms with Crippen LogP contribution in [0.2, 0.25) is 0 Å². The van der Waals surface area contributed by atoms with E-state index in [9.17, 15) is 4.79 Å². The molecular weight excluding hydrogens is 282 g/mol. The Kier molecular flexibility index (Phi) is 4.62. The molecule has 1 saturated heterocycles. The Balaban J connectivity index is 1.59. The highest BCUT2D eigenvalue weighted by Gasteiger charge is 2.15. The molecule has 2 heterocycles. The minimum atomic E-state index is 0.0507. The first-order valence-corrected chi connectivity index (χ1v) is 7.57. The maximum Gasteiger partial charge on any atom is 0.260 e. The number of carbonyl (C=O) groups is 1. The summed E-state index contributed by atoms with van der Waals surface area (Å²) in [4.78, 5) is 14.1. The summed E-state index contributed by atoms with van der Waals surface area (Å²) in [6, 6.07) is 7.36. The molecule has 22 heavy (non-hydrogen) atoms. The predicted molar refractivity (Wildman–Crippen MR) is 79.7 cm³/mol. The number of tetrazole rings is 1. The summed E-state index contributed by atoms with van der Waals surface area (Å²) in [5.41, 5.74) is 0.796. The van der Waals surface area contributed by atoms with Crippen molar-refractivity contribution in [2.24, 2.45) is 0 Å². The normalized spacial score (nSPS) is 15.4. The lowest BCUT2D eigenvalue weighted by molar-refractivity contribution is -0.133. The van der Waals surface area contributed by atoms with Gasteiger partial charge in [-0.05, 0) is 35.4 Å². The van der Waals surface area contributed by atoms with Crippen molar-refractivity contribution >= 4 is 5.91 Å². The zero-order chi connectivity index (χ0) is 15.2. The molecule has 1 aromatic carbocycles. The average Bonchev–Trinajstić information content (AvgIpc) is 2.95. The van der Waals surface area contributed by atoms with Gasteiger partial charge >= 0.3 is 0 Å². The summed E-state index contributed by atoms with van der Waals surface area (Å²) in [6.45, 7) is 1.75. The number of benzene rings is 1. The molecule has 2 aromatic rings. The van der Waals surface area contributed by atoms with E-state index in [4.69, 9.17) is 4.74 Å². The molecule has 1 aromatic heterocycles. The van der Waals surface area contributed by atoms with Gasteiger partial charge in [-0.25, -0.2) is 4.68 Å². The Morgan fingerprint density at radius 3 is 2.73 bits per heavy atom. The van der Waals surface area contributed by atoms with Crippen molar-refractivity contribution in [1.82, 2.24) is 25.1 Å². The van der Waals surface area contributed by atoms with E-state index in [0.29, 0.717) is 5.75 Å². The van der Waals surface area contributed by atoms with E-state index >= 15 is 0 Å². The van der Waals surface area contributed by atoms with E-state index < -0.39 is 0 Å². The standard InChI is InChI=1S/C15H19N5O2/c21-15(19-8-3-1-2-4-9-19)11-22-14-7-5-6-13(10-14)20-12-16-17-18-20/h5-7,10,12H,1-4,8-9,11H2. The van der Waals surface area contributed by atoms with Crippen molar-refractivity contribution in [1.29, 1.82) is 0 Å². The van der Waals surface area contributed by atoms with E-state index in [1.165, 1.54) is 19.2 Å². The Hall–Kier alpha value is -2.44. The van der Waals surface area contributed by atoms with Gasteiger partial charge < -0.3 is 9.64 Å². The van der Waals surface area contributed by atoms with E-state index in [-0.39, 0.29) is 12.5 Å². The molecule has 0 N–H and O–H groups in total. The number of nitrogens with zero attached hydrogens (tertiary/aromatic N) is 5. The average molecular weight is 301 g/mol. The molecule has 0 radical (unpaired) electrons. The summed E-state index contributed by atoms with van der Waals surface area (Å²) in [5, 5.41) is 11.0. The Labute approximate surface area is 128 Å². The van der Waals surface area contributed by atoms with Gasteiger partial charge in [0.2, 0.25) is 0 Å². The lowest BCUT2D eigenvalue weighted by Crippen LogP contribution is -2.35. The zero-order valence-corrected chi connectivity index (χ0v) is 12.4. The highest BCUT2D eigenvalue weighted by molar-refractivity contribution is 5.77. The molecule has 1 aliphatic heterocycles. The highest BCUT2D eigenvalue weighted by atomic mass is 16.5. The van der Waals surface area contributed by atoms with Crippen LogP contribution in [0.4, 0.5) is 0 Å². The molecule has 1 fully saturated rings. The molecule has 0 saturated carbocycles. The second-order valence-corrected chi connectivity index (χ2v) is 5.34. The van der Waals surface area contributed by atoms with Crippen LogP contribution in [-0.4, -0.2) is 50.7 Å². The van der Waals surface area contributed by atoms with E-state index in [2.05, 4.69) is 15.5 Å². The number of aromatic nitrogens is 4. The van der Waals surface area contributed by atoms with Crippen molar-refractivity contribution in [3.63, 3.8) is 0 Å². The van der Waals surface area contributed by atoms with Gasteiger partial charge in [-0.2, -0.15) is 0 Å². The van der Waals surface area contributed by atoms with Gasteiger partial charge in [0, 0.05) is 19.2 Å². The minimum Gasteiger partial charge on any atom is -0.484 e. The molecule has 0 bridgehead atoms. The van der Waals surface area contributed by atoms with Gasteiger partial charge in [-0.15, -0.1) is 5.10 Å². The van der Waals surface area contributed by atoms with Gasteiger partial charge in [0.25, 0.3) is 5.91 Å². The third kappa shape index (κ3) is 3.60. The SMILES string of the molecule is O=C(COc1cccc(-n2cnnn2)c1)N1CCCCCC1. The maximum absolute atomic E-state index is 12.2. The van der Waals surface area contributed by atoms with Crippen molar-refractivity contribution in [2.75, 3.05) is 19.7 Å². The molecule has 116 valence electrons. The van der Waals surface area contributed by atoms with Crippen LogP contribution in [0.25, 0.3) is 5.69 Å². The summed E-state index contributed by atoms with van der Waals surface area (Å²) in [5.74, 6) is 0.686. The number of carbonyl (C=O) groups excluding carboxylic acids is 1. The van der Waals surface area contributed by atoms with Crippen molar-refractivity contribution in [2.45, 2.75) is 25.7 Å². The summed E-state index contributed by atoms with van der Waals surface area (Å²) >= 11 is 0. The van der Waals surface area contributed by atoms with Crippen LogP contribution in [-0.2, 0) is 4.79 Å². The third-order valence-corrected chi connectivity index (χ3v) is 3.75. The molecule has 0 unspecified atom stereocenters. The first-order valence-electron chi connectivity index (χ1n) is 7.57. The van der Waals surface area contributed by atoms with Crippen LogP contribution in [0, 0.1) is 0 Å². The van der Waals surface area contributed by atoms with Crippen LogP contribution >= 0.6 is 0 Å². The maximum atomic E-state index is 12.2. The number of hydrogen-bond acceptors (Lipinski definition) is 5. The number of hydrogen-bond donors (Lipinski definition) is 0. The molecule has 1 amide bonds. The molecular formula is C15H19N5O2. The first kappa shape index (κ1) is 14.5. The molecule has 3 rings (SSSR count). The second kappa shape index (κ2) is 7.02. The van der Waals surface area contributed by atoms with Crippen LogP contribution in [0.1, 0.15) is 25.7 Å². The van der Waals surface area contributed by atoms with Gasteiger partial charge in [-0.1, -0.05) is 18.9 Å². The van der Waals surface area contributed by atoms with E-state index in [1.807, 2.05) is 29.2 Å². The zero-order valence-electron chi connectivity index (χ0n) is 12.4. The van der Waals surface area contributed by atoms with Crippen molar-refractivity contribution in [3.05, 3.63) is 30.6 Å². The minimum absolute atomic E-state index is 0.0507. The lowest BCUT2D eigenvalue weighted by atomic mass is 10.2. The third-order valence-electron chi connectivity index (χ3n) is 3.75. The monoisotopic (exact) mass is 301 g/mol. The van der Waals surface area contributed by atoms with Crippen molar-refractivity contribution in [3.8, 4) is 11.4 Å². The number of rotatable bonds is 4. The quantitative estimate of drug-likeness (QED) is 0.854. The Morgan fingerprint density at radius 2 is 2.00 bits per heavy atom. The smallest absolute Gasteiger partial charge is 0.260 e. The molecule has 1 aliphatic rings. The Morgan fingerprint density at radius 1 is 1.18 bits per heavy atom. The van der Waals surface area contributed by atoms with E-state index in [1.54, 1.807) is 4.68 Å². The van der Waals surface area contributed by atoms with Gasteiger partial charge in [0.1, 0.15) is 12.1 Å². The largest absolute Gasteiger partial charge is 0.484 e. The van der Waals surface area contributed by atoms with Crippen LogP contribution in [0.5, 0.6) is 5.75 Å². The van der Waals surface area contributed by atoms with Crippen LogP contribution in [0.15, 0.2) is 30.6 Å². The lowest BCUT2D eigenvalue weighted by Gasteiger charge is -2.20. The number of amides is 1. The van der Waals surface area contributed by atoms with Gasteiger partial charge in [0.05, 0.1) is 5.69 Å².